The van der Waals surface area contributed by atoms with Gasteiger partial charge in [-0.05, 0) is 35.8 Å². The van der Waals surface area contributed by atoms with E-state index in [9.17, 15) is 9.90 Å². The van der Waals surface area contributed by atoms with Crippen LogP contribution in [0.5, 0.6) is 0 Å². The van der Waals surface area contributed by atoms with Crippen LogP contribution in [0.4, 0.5) is 0 Å². The zero-order chi connectivity index (χ0) is 15.7. The number of benzene rings is 1. The Morgan fingerprint density at radius 2 is 1.95 bits per heavy atom. The lowest BCUT2D eigenvalue weighted by Gasteiger charge is -2.23. The molecule has 0 radical (unpaired) electrons. The third-order valence-corrected chi connectivity index (χ3v) is 4.19. The van der Waals surface area contributed by atoms with Crippen molar-refractivity contribution in [1.29, 1.82) is 0 Å². The fourth-order valence-electron chi connectivity index (χ4n) is 2.80. The highest BCUT2D eigenvalue weighted by atomic mass is 16.3. The Morgan fingerprint density at radius 3 is 2.64 bits per heavy atom. The molecule has 0 saturated heterocycles. The fraction of sp³-hybridized carbons (Fsp3) is 0.278. The summed E-state index contributed by atoms with van der Waals surface area (Å²) in [7, 11) is 0. The van der Waals surface area contributed by atoms with E-state index in [2.05, 4.69) is 0 Å². The van der Waals surface area contributed by atoms with Gasteiger partial charge in [0.05, 0.1) is 11.3 Å². The number of carbonyl (C=O) groups is 1. The zero-order valence-corrected chi connectivity index (χ0v) is 12.5. The molecule has 22 heavy (non-hydrogen) atoms. The van der Waals surface area contributed by atoms with Crippen molar-refractivity contribution in [2.24, 2.45) is 0 Å². The standard InChI is InChI=1S/C18H19NO3/c1-18(22,8-10-20)15-6-4-13(5-7-15)14-11-17(21)16-3-2-9-19(16)12-14/h2-7,9,12,20,22H,8,10-11H2,1H3. The summed E-state index contributed by atoms with van der Waals surface area (Å²) in [6.45, 7) is 1.62. The molecule has 1 aromatic carbocycles. The van der Waals surface area contributed by atoms with E-state index in [1.165, 1.54) is 0 Å². The average Bonchev–Trinajstić information content (AvgIpc) is 2.96. The van der Waals surface area contributed by atoms with E-state index in [0.717, 1.165) is 16.7 Å². The first-order valence-electron chi connectivity index (χ1n) is 7.36. The van der Waals surface area contributed by atoms with Crippen molar-refractivity contribution in [3.63, 3.8) is 0 Å². The maximum Gasteiger partial charge on any atom is 0.183 e. The van der Waals surface area contributed by atoms with E-state index in [-0.39, 0.29) is 12.4 Å². The molecule has 114 valence electrons. The molecule has 3 rings (SSSR count). The molecule has 0 bridgehead atoms. The number of hydrogen-bond acceptors (Lipinski definition) is 3. The van der Waals surface area contributed by atoms with Crippen molar-refractivity contribution in [2.75, 3.05) is 6.61 Å². The van der Waals surface area contributed by atoms with Crippen LogP contribution in [0, 0.1) is 0 Å². The van der Waals surface area contributed by atoms with Gasteiger partial charge in [0, 0.05) is 31.8 Å². The van der Waals surface area contributed by atoms with Gasteiger partial charge >= 0.3 is 0 Å². The number of aliphatic hydroxyl groups is 2. The average molecular weight is 297 g/mol. The summed E-state index contributed by atoms with van der Waals surface area (Å²) in [5.41, 5.74) is 2.36. The Bertz CT molecular complexity index is 723. The molecule has 1 aliphatic rings. The Morgan fingerprint density at radius 1 is 1.23 bits per heavy atom. The van der Waals surface area contributed by atoms with Crippen LogP contribution in [0.25, 0.3) is 11.8 Å². The normalized spacial score (nSPS) is 16.9. The Balaban J connectivity index is 1.90. The molecule has 0 spiro atoms. The number of aromatic nitrogens is 1. The molecular weight excluding hydrogens is 278 g/mol. The highest BCUT2D eigenvalue weighted by Gasteiger charge is 2.23. The first-order valence-corrected chi connectivity index (χ1v) is 7.36. The fourth-order valence-corrected chi connectivity index (χ4v) is 2.80. The minimum atomic E-state index is -1.04. The van der Waals surface area contributed by atoms with Crippen LogP contribution < -0.4 is 0 Å². The Labute approximate surface area is 129 Å². The maximum absolute atomic E-state index is 12.1. The largest absolute Gasteiger partial charge is 0.396 e. The van der Waals surface area contributed by atoms with Crippen molar-refractivity contribution >= 4 is 17.6 Å². The first-order chi connectivity index (χ1) is 10.5. The van der Waals surface area contributed by atoms with Crippen molar-refractivity contribution in [3.05, 3.63) is 59.4 Å². The number of ketones is 1. The van der Waals surface area contributed by atoms with Crippen LogP contribution in [0.15, 0.2) is 42.6 Å². The van der Waals surface area contributed by atoms with Crippen molar-refractivity contribution in [1.82, 2.24) is 4.57 Å². The summed E-state index contributed by atoms with van der Waals surface area (Å²) in [6.07, 6.45) is 4.51. The van der Waals surface area contributed by atoms with Gasteiger partial charge in [-0.2, -0.15) is 0 Å². The molecule has 2 N–H and O–H groups in total. The third kappa shape index (κ3) is 2.63. The molecule has 0 aliphatic carbocycles. The molecule has 4 heteroatoms. The number of hydrogen-bond donors (Lipinski definition) is 2. The summed E-state index contributed by atoms with van der Waals surface area (Å²) in [4.78, 5) is 12.1. The SMILES string of the molecule is CC(O)(CCO)c1ccc(C2=Cn3cccc3C(=O)C2)cc1. The van der Waals surface area contributed by atoms with Crippen LogP contribution in [-0.2, 0) is 5.60 Å². The Hall–Kier alpha value is -2.17. The number of aliphatic hydroxyl groups excluding tert-OH is 1. The van der Waals surface area contributed by atoms with Gasteiger partial charge in [0.1, 0.15) is 0 Å². The number of Topliss-reactive ketones (excluding diaryl/α,β-unsaturated/α-hetero) is 1. The van der Waals surface area contributed by atoms with Crippen LogP contribution in [0.2, 0.25) is 0 Å². The van der Waals surface area contributed by atoms with Gasteiger partial charge in [0.2, 0.25) is 0 Å². The van der Waals surface area contributed by atoms with Gasteiger partial charge in [0.15, 0.2) is 5.78 Å². The molecule has 1 aromatic heterocycles. The summed E-state index contributed by atoms with van der Waals surface area (Å²) in [5, 5.41) is 19.3. The molecule has 2 heterocycles. The second-order valence-corrected chi connectivity index (χ2v) is 5.88. The predicted octanol–water partition coefficient (Wildman–Crippen LogP) is 2.66. The molecule has 4 nitrogen and oxygen atoms in total. The van der Waals surface area contributed by atoms with E-state index in [0.29, 0.717) is 18.5 Å². The van der Waals surface area contributed by atoms with Gasteiger partial charge in [-0.1, -0.05) is 24.3 Å². The van der Waals surface area contributed by atoms with Crippen molar-refractivity contribution < 1.29 is 15.0 Å². The smallest absolute Gasteiger partial charge is 0.183 e. The molecular formula is C18H19NO3. The Kier molecular flexibility index (Phi) is 3.72. The van der Waals surface area contributed by atoms with Crippen LogP contribution in [-0.4, -0.2) is 27.2 Å². The molecule has 1 atom stereocenters. The lowest BCUT2D eigenvalue weighted by atomic mass is 9.90. The minimum Gasteiger partial charge on any atom is -0.396 e. The highest BCUT2D eigenvalue weighted by Crippen LogP contribution is 2.29. The number of fused-ring (bicyclic) bond motifs is 1. The molecule has 0 saturated carbocycles. The molecule has 0 amide bonds. The van der Waals surface area contributed by atoms with E-state index in [1.54, 1.807) is 6.92 Å². The number of allylic oxidation sites excluding steroid dienone is 1. The van der Waals surface area contributed by atoms with Crippen molar-refractivity contribution in [3.8, 4) is 0 Å². The van der Waals surface area contributed by atoms with Gasteiger partial charge in [-0.15, -0.1) is 0 Å². The molecule has 1 aliphatic heterocycles. The number of nitrogens with zero attached hydrogens (tertiary/aromatic N) is 1. The number of carbonyl (C=O) groups excluding carboxylic acids is 1. The highest BCUT2D eigenvalue weighted by molar-refractivity contribution is 6.06. The van der Waals surface area contributed by atoms with Gasteiger partial charge in [-0.3, -0.25) is 4.79 Å². The maximum atomic E-state index is 12.1. The molecule has 2 aromatic rings. The zero-order valence-electron chi connectivity index (χ0n) is 12.5. The predicted molar refractivity (Wildman–Crippen MR) is 85.3 cm³/mol. The number of rotatable bonds is 4. The van der Waals surface area contributed by atoms with Gasteiger partial charge in [-0.25, -0.2) is 0 Å². The second-order valence-electron chi connectivity index (χ2n) is 5.88. The topological polar surface area (TPSA) is 62.5 Å². The summed E-state index contributed by atoms with van der Waals surface area (Å²) >= 11 is 0. The summed E-state index contributed by atoms with van der Waals surface area (Å²) in [5.74, 6) is 0.110. The van der Waals surface area contributed by atoms with E-state index in [4.69, 9.17) is 5.11 Å². The van der Waals surface area contributed by atoms with E-state index < -0.39 is 5.60 Å². The minimum absolute atomic E-state index is 0.0647. The van der Waals surface area contributed by atoms with Crippen molar-refractivity contribution in [2.45, 2.75) is 25.4 Å². The van der Waals surface area contributed by atoms with Crippen LogP contribution in [0.1, 0.15) is 41.4 Å². The van der Waals surface area contributed by atoms with Crippen LogP contribution in [0.3, 0.4) is 0 Å². The van der Waals surface area contributed by atoms with Crippen LogP contribution >= 0.6 is 0 Å². The monoisotopic (exact) mass is 297 g/mol. The lowest BCUT2D eigenvalue weighted by Crippen LogP contribution is -2.22. The van der Waals surface area contributed by atoms with E-state index in [1.807, 2.05) is 53.4 Å². The second kappa shape index (κ2) is 5.55. The third-order valence-electron chi connectivity index (χ3n) is 4.19. The quantitative estimate of drug-likeness (QED) is 0.912. The van der Waals surface area contributed by atoms with Gasteiger partial charge in [0.25, 0.3) is 0 Å². The van der Waals surface area contributed by atoms with E-state index >= 15 is 0 Å². The first kappa shape index (κ1) is 14.8. The summed E-state index contributed by atoms with van der Waals surface area (Å²) < 4.78 is 1.84. The molecule has 1 unspecified atom stereocenters. The molecule has 0 fully saturated rings. The lowest BCUT2D eigenvalue weighted by molar-refractivity contribution is 0.0299. The van der Waals surface area contributed by atoms with Gasteiger partial charge < -0.3 is 14.8 Å². The summed E-state index contributed by atoms with van der Waals surface area (Å²) in [6, 6.07) is 11.2.